The standard InChI is InChI=1S/C9H9ClN3O3P/c10-7-2-3-9(13-5-1-4-11-13)8(6-7)12-17(14,15)16/h1-6H,(H3,12,14,15,16). The summed E-state index contributed by atoms with van der Waals surface area (Å²) in [5.41, 5.74) is 0.720. The number of rotatable bonds is 3. The SMILES string of the molecule is O=P(O)(O)Nc1cc(Cl)ccc1-n1cccn1. The Morgan fingerprint density at radius 3 is 2.76 bits per heavy atom. The highest BCUT2D eigenvalue weighted by molar-refractivity contribution is 7.53. The summed E-state index contributed by atoms with van der Waals surface area (Å²) in [5, 5.41) is 6.46. The minimum Gasteiger partial charge on any atom is -0.308 e. The van der Waals surface area contributed by atoms with E-state index in [9.17, 15) is 4.57 Å². The van der Waals surface area contributed by atoms with E-state index in [4.69, 9.17) is 21.4 Å². The van der Waals surface area contributed by atoms with Crippen molar-refractivity contribution in [2.45, 2.75) is 0 Å². The van der Waals surface area contributed by atoms with Crippen LogP contribution in [0, 0.1) is 0 Å². The van der Waals surface area contributed by atoms with Gasteiger partial charge in [-0.1, -0.05) is 11.6 Å². The maximum Gasteiger partial charge on any atom is 0.427 e. The zero-order valence-electron chi connectivity index (χ0n) is 8.49. The van der Waals surface area contributed by atoms with Crippen molar-refractivity contribution >= 4 is 25.0 Å². The third-order valence-corrected chi connectivity index (χ3v) is 2.74. The molecule has 1 heterocycles. The van der Waals surface area contributed by atoms with Crippen LogP contribution < -0.4 is 5.09 Å². The first-order valence-electron chi connectivity index (χ1n) is 4.59. The molecule has 8 heteroatoms. The second-order valence-electron chi connectivity index (χ2n) is 3.27. The van der Waals surface area contributed by atoms with Crippen molar-refractivity contribution in [3.05, 3.63) is 41.7 Å². The monoisotopic (exact) mass is 273 g/mol. The summed E-state index contributed by atoms with van der Waals surface area (Å²) in [6.07, 6.45) is 3.23. The second-order valence-corrected chi connectivity index (χ2v) is 5.02. The highest BCUT2D eigenvalue weighted by Crippen LogP contribution is 2.38. The molecule has 2 rings (SSSR count). The molecule has 0 aliphatic rings. The average Bonchev–Trinajstić information content (AvgIpc) is 2.68. The Labute approximate surface area is 102 Å². The first-order valence-corrected chi connectivity index (χ1v) is 6.58. The lowest BCUT2D eigenvalue weighted by atomic mass is 10.3. The van der Waals surface area contributed by atoms with Gasteiger partial charge in [-0.25, -0.2) is 9.25 Å². The number of halogens is 1. The summed E-state index contributed by atoms with van der Waals surface area (Å²) in [5.74, 6) is 0. The van der Waals surface area contributed by atoms with Crippen LogP contribution in [0.5, 0.6) is 0 Å². The van der Waals surface area contributed by atoms with Crippen molar-refractivity contribution in [1.29, 1.82) is 0 Å². The molecule has 0 aliphatic heterocycles. The van der Waals surface area contributed by atoms with E-state index in [1.807, 2.05) is 0 Å². The van der Waals surface area contributed by atoms with Gasteiger partial charge in [0.05, 0.1) is 11.4 Å². The van der Waals surface area contributed by atoms with Gasteiger partial charge in [0.1, 0.15) is 0 Å². The highest BCUT2D eigenvalue weighted by Gasteiger charge is 2.16. The zero-order valence-corrected chi connectivity index (χ0v) is 10.1. The van der Waals surface area contributed by atoms with Gasteiger partial charge >= 0.3 is 7.75 Å². The molecule has 6 nitrogen and oxygen atoms in total. The number of aromatic nitrogens is 2. The van der Waals surface area contributed by atoms with Gasteiger partial charge < -0.3 is 9.79 Å². The Kier molecular flexibility index (Phi) is 3.22. The number of anilines is 1. The van der Waals surface area contributed by atoms with Crippen molar-refractivity contribution in [3.8, 4) is 5.69 Å². The Morgan fingerprint density at radius 1 is 1.41 bits per heavy atom. The Bertz CT molecular complexity index is 567. The van der Waals surface area contributed by atoms with Crippen molar-refractivity contribution < 1.29 is 14.4 Å². The molecule has 3 N–H and O–H groups in total. The molecule has 90 valence electrons. The van der Waals surface area contributed by atoms with E-state index in [2.05, 4.69) is 10.2 Å². The Balaban J connectivity index is 2.49. The summed E-state index contributed by atoms with van der Waals surface area (Å²) >= 11 is 5.78. The molecule has 17 heavy (non-hydrogen) atoms. The zero-order chi connectivity index (χ0) is 12.5. The molecule has 0 saturated carbocycles. The van der Waals surface area contributed by atoms with Gasteiger partial charge in [0.25, 0.3) is 0 Å². The number of nitrogens with zero attached hydrogens (tertiary/aromatic N) is 2. The number of hydrogen-bond donors (Lipinski definition) is 3. The van der Waals surface area contributed by atoms with E-state index in [0.29, 0.717) is 10.7 Å². The molecule has 0 aliphatic carbocycles. The van der Waals surface area contributed by atoms with Crippen LogP contribution in [0.4, 0.5) is 5.69 Å². The van der Waals surface area contributed by atoms with Crippen LogP contribution in [0.2, 0.25) is 5.02 Å². The molecule has 2 aromatic rings. The van der Waals surface area contributed by atoms with Crippen LogP contribution in [0.15, 0.2) is 36.7 Å². The Hall–Kier alpha value is -1.33. The first kappa shape index (κ1) is 12.1. The molecule has 1 aromatic heterocycles. The topological polar surface area (TPSA) is 87.4 Å². The van der Waals surface area contributed by atoms with Gasteiger partial charge in [0.2, 0.25) is 0 Å². The highest BCUT2D eigenvalue weighted by atomic mass is 35.5. The lowest BCUT2D eigenvalue weighted by Gasteiger charge is -2.13. The van der Waals surface area contributed by atoms with Gasteiger partial charge in [0.15, 0.2) is 0 Å². The number of benzene rings is 1. The van der Waals surface area contributed by atoms with Crippen LogP contribution in [0.25, 0.3) is 5.69 Å². The molecular weight excluding hydrogens is 265 g/mol. The molecule has 0 spiro atoms. The first-order chi connectivity index (χ1) is 7.96. The summed E-state index contributed by atoms with van der Waals surface area (Å²) in [4.78, 5) is 17.8. The van der Waals surface area contributed by atoms with Crippen LogP contribution in [-0.4, -0.2) is 19.6 Å². The van der Waals surface area contributed by atoms with Gasteiger partial charge in [0, 0.05) is 17.4 Å². The maximum absolute atomic E-state index is 10.9. The molecule has 1 aromatic carbocycles. The number of hydrogen-bond acceptors (Lipinski definition) is 2. The van der Waals surface area contributed by atoms with Crippen LogP contribution in [-0.2, 0) is 4.57 Å². The van der Waals surface area contributed by atoms with E-state index in [-0.39, 0.29) is 5.69 Å². The smallest absolute Gasteiger partial charge is 0.308 e. The van der Waals surface area contributed by atoms with Crippen LogP contribution >= 0.6 is 19.3 Å². The lowest BCUT2D eigenvalue weighted by molar-refractivity contribution is 0.380. The molecule has 0 radical (unpaired) electrons. The van der Waals surface area contributed by atoms with Gasteiger partial charge in [-0.15, -0.1) is 0 Å². The molecule has 0 bridgehead atoms. The predicted molar refractivity (Wildman–Crippen MR) is 64.2 cm³/mol. The average molecular weight is 274 g/mol. The quantitative estimate of drug-likeness (QED) is 0.745. The predicted octanol–water partition coefficient (Wildman–Crippen LogP) is 2.03. The number of nitrogens with one attached hydrogen (secondary N) is 1. The summed E-state index contributed by atoms with van der Waals surface area (Å²) < 4.78 is 12.4. The Morgan fingerprint density at radius 2 is 2.18 bits per heavy atom. The van der Waals surface area contributed by atoms with Crippen molar-refractivity contribution in [3.63, 3.8) is 0 Å². The van der Waals surface area contributed by atoms with E-state index in [1.165, 1.54) is 10.7 Å². The van der Waals surface area contributed by atoms with E-state index >= 15 is 0 Å². The minimum atomic E-state index is -4.39. The van der Waals surface area contributed by atoms with Gasteiger partial charge in [-0.05, 0) is 24.3 Å². The van der Waals surface area contributed by atoms with Crippen molar-refractivity contribution in [1.82, 2.24) is 9.78 Å². The van der Waals surface area contributed by atoms with Crippen molar-refractivity contribution in [2.75, 3.05) is 5.09 Å². The summed E-state index contributed by atoms with van der Waals surface area (Å²) in [7, 11) is -4.39. The van der Waals surface area contributed by atoms with Crippen LogP contribution in [0.3, 0.4) is 0 Å². The van der Waals surface area contributed by atoms with E-state index < -0.39 is 7.75 Å². The molecule has 0 amide bonds. The minimum absolute atomic E-state index is 0.217. The molecule has 0 fully saturated rings. The van der Waals surface area contributed by atoms with Crippen molar-refractivity contribution in [2.24, 2.45) is 0 Å². The second kappa shape index (κ2) is 4.50. The third kappa shape index (κ3) is 3.08. The largest absolute Gasteiger partial charge is 0.427 e. The normalized spacial score (nSPS) is 11.5. The van der Waals surface area contributed by atoms with Gasteiger partial charge in [-0.3, -0.25) is 5.09 Å². The fourth-order valence-electron chi connectivity index (χ4n) is 1.37. The summed E-state index contributed by atoms with van der Waals surface area (Å²) in [6, 6.07) is 6.37. The molecular formula is C9H9ClN3O3P. The fourth-order valence-corrected chi connectivity index (χ4v) is 2.03. The summed E-state index contributed by atoms with van der Waals surface area (Å²) in [6.45, 7) is 0. The van der Waals surface area contributed by atoms with E-state index in [0.717, 1.165) is 0 Å². The van der Waals surface area contributed by atoms with E-state index in [1.54, 1.807) is 30.6 Å². The van der Waals surface area contributed by atoms with Crippen LogP contribution in [0.1, 0.15) is 0 Å². The molecule has 0 atom stereocenters. The fraction of sp³-hybridized carbons (Fsp3) is 0. The molecule has 0 saturated heterocycles. The van der Waals surface area contributed by atoms with Gasteiger partial charge in [-0.2, -0.15) is 5.10 Å². The third-order valence-electron chi connectivity index (χ3n) is 1.98. The molecule has 0 unspecified atom stereocenters. The lowest BCUT2D eigenvalue weighted by Crippen LogP contribution is -2.02. The maximum atomic E-state index is 10.9.